The largest absolute Gasteiger partial charge is 0.314 e. The molecule has 0 amide bonds. The van der Waals surface area contributed by atoms with Gasteiger partial charge in [0.2, 0.25) is 0 Å². The Kier molecular flexibility index (Phi) is 13.4. The van der Waals surface area contributed by atoms with Gasteiger partial charge in [0.25, 0.3) is 11.1 Å². The highest BCUT2D eigenvalue weighted by molar-refractivity contribution is 6.34. The number of nitrogens with one attached hydrogen (secondary N) is 2. The number of hydrogen-bond donors (Lipinski definition) is 2. The van der Waals surface area contributed by atoms with Crippen molar-refractivity contribution in [1.82, 2.24) is 59.6 Å². The molecule has 6 aromatic heterocycles. The number of rotatable bonds is 10. The minimum absolute atomic E-state index is 0.0939. The van der Waals surface area contributed by atoms with Gasteiger partial charge in [-0.25, -0.2) is 29.9 Å². The summed E-state index contributed by atoms with van der Waals surface area (Å²) in [5, 5.41) is 9.63. The molecule has 2 aliphatic rings. The van der Waals surface area contributed by atoms with Crippen LogP contribution in [-0.2, 0) is 13.1 Å². The Labute approximate surface area is 392 Å². The zero-order chi connectivity index (χ0) is 45.9. The molecule has 66 heavy (non-hydrogen) atoms. The average molecular weight is 922 g/mol. The predicted molar refractivity (Wildman–Crippen MR) is 261 cm³/mol. The quantitative estimate of drug-likeness (QED) is 0.134. The maximum atomic E-state index is 13.7. The molecule has 8 aromatic rings. The Bertz CT molecular complexity index is 3000. The first kappa shape index (κ1) is 44.9. The summed E-state index contributed by atoms with van der Waals surface area (Å²) < 4.78 is 3.55. The number of benzene rings is 2. The molecule has 2 atom stereocenters. The van der Waals surface area contributed by atoms with Crippen molar-refractivity contribution in [2.45, 2.75) is 91.4 Å². The third-order valence-corrected chi connectivity index (χ3v) is 12.9. The van der Waals surface area contributed by atoms with Crippen molar-refractivity contribution < 1.29 is 0 Å². The van der Waals surface area contributed by atoms with E-state index in [0.717, 1.165) is 83.4 Å². The lowest BCUT2D eigenvalue weighted by atomic mass is 10.0. The van der Waals surface area contributed by atoms with Gasteiger partial charge in [0.15, 0.2) is 0 Å². The van der Waals surface area contributed by atoms with Crippen LogP contribution >= 0.6 is 23.2 Å². The molecule has 0 spiro atoms. The lowest BCUT2D eigenvalue weighted by molar-refractivity contribution is 0.504. The van der Waals surface area contributed by atoms with Crippen LogP contribution in [0.4, 0.5) is 0 Å². The monoisotopic (exact) mass is 920 g/mol. The molecule has 0 aliphatic carbocycles. The summed E-state index contributed by atoms with van der Waals surface area (Å²) in [6, 6.07) is 15.8. The Balaban J connectivity index is 0.000000166. The normalized spacial score (nSPS) is 15.9. The van der Waals surface area contributed by atoms with Gasteiger partial charge >= 0.3 is 0 Å². The molecule has 2 aliphatic heterocycles. The van der Waals surface area contributed by atoms with Gasteiger partial charge in [0, 0.05) is 104 Å². The van der Waals surface area contributed by atoms with Gasteiger partial charge in [-0.2, -0.15) is 0 Å². The lowest BCUT2D eigenvalue weighted by Crippen LogP contribution is -2.28. The summed E-state index contributed by atoms with van der Waals surface area (Å²) >= 11 is 13.4. The second kappa shape index (κ2) is 19.6. The fourth-order valence-corrected chi connectivity index (χ4v) is 9.42. The molecule has 2 saturated heterocycles. The molecule has 10 rings (SSSR count). The van der Waals surface area contributed by atoms with Crippen molar-refractivity contribution in [3.63, 3.8) is 0 Å². The summed E-state index contributed by atoms with van der Waals surface area (Å²) in [6.45, 7) is 10.7. The summed E-state index contributed by atoms with van der Waals surface area (Å²) in [6.07, 6.45) is 16.8. The van der Waals surface area contributed by atoms with Gasteiger partial charge in [-0.05, 0) is 104 Å². The van der Waals surface area contributed by atoms with Crippen LogP contribution in [0.2, 0.25) is 10.0 Å². The zero-order valence-electron chi connectivity index (χ0n) is 37.4. The predicted octanol–water partition coefficient (Wildman–Crippen LogP) is 8.66. The SMILES string of the molecule is Cc1cncc(-c2ccc(-c3cc4cnc(C)nc4n(CC[C@@H]4CCCN4)c3=O)c(Cl)c2)n1.Cc1cncc(-c2ccc(-c3cc4cnc(C)nc4n(CC[C@H]4CCCN4)c3=O)c(Cl)c2)n1. The highest BCUT2D eigenvalue weighted by atomic mass is 35.5. The van der Waals surface area contributed by atoms with Crippen molar-refractivity contribution in [1.29, 1.82) is 0 Å². The molecule has 2 N–H and O–H groups in total. The number of fused-ring (bicyclic) bond motifs is 2. The average Bonchev–Trinajstić information content (AvgIpc) is 4.04. The number of nitrogens with zero attached hydrogens (tertiary/aromatic N) is 10. The van der Waals surface area contributed by atoms with E-state index >= 15 is 0 Å². The Hall–Kier alpha value is -6.32. The van der Waals surface area contributed by atoms with E-state index < -0.39 is 0 Å². The van der Waals surface area contributed by atoms with E-state index in [2.05, 4.69) is 50.5 Å². The van der Waals surface area contributed by atoms with Crippen LogP contribution in [0.5, 0.6) is 0 Å². The van der Waals surface area contributed by atoms with E-state index in [-0.39, 0.29) is 11.1 Å². The standard InChI is InChI=1S/2C25H25ClN6O/c2*1-15-12-27-14-23(30-15)17-5-6-20(22(26)11-17)21-10-18-13-29-16(2)31-24(18)32(25(21)33)9-7-19-4-3-8-28-19/h2*5-6,10-14,19,28H,3-4,7-9H2,1-2H3/t2*19-/m10/s1. The first-order valence-corrected chi connectivity index (χ1v) is 23.1. The third-order valence-electron chi connectivity index (χ3n) is 12.2. The first-order valence-electron chi connectivity index (χ1n) is 22.4. The van der Waals surface area contributed by atoms with Gasteiger partial charge in [-0.15, -0.1) is 0 Å². The Morgan fingerprint density at radius 1 is 0.561 bits per heavy atom. The van der Waals surface area contributed by atoms with Crippen molar-refractivity contribution in [3.8, 4) is 44.8 Å². The molecule has 8 heterocycles. The van der Waals surface area contributed by atoms with Gasteiger partial charge in [-0.1, -0.05) is 47.5 Å². The fraction of sp³-hybridized carbons (Fsp3) is 0.320. The minimum atomic E-state index is -0.0939. The van der Waals surface area contributed by atoms with Crippen LogP contribution in [0, 0.1) is 27.7 Å². The van der Waals surface area contributed by atoms with E-state index in [1.807, 2.05) is 76.2 Å². The van der Waals surface area contributed by atoms with Crippen LogP contribution in [0.1, 0.15) is 61.6 Å². The molecular weight excluding hydrogens is 872 g/mol. The molecule has 16 heteroatoms. The molecular formula is C50H50Cl2N12O2. The number of pyridine rings is 2. The Morgan fingerprint density at radius 2 is 1.00 bits per heavy atom. The minimum Gasteiger partial charge on any atom is -0.314 e. The molecule has 14 nitrogen and oxygen atoms in total. The van der Waals surface area contributed by atoms with Crippen LogP contribution < -0.4 is 21.8 Å². The smallest absolute Gasteiger partial charge is 0.260 e. The maximum absolute atomic E-state index is 13.7. The van der Waals surface area contributed by atoms with Crippen LogP contribution in [-0.4, -0.2) is 74.2 Å². The van der Waals surface area contributed by atoms with E-state index in [0.29, 0.717) is 80.4 Å². The molecule has 336 valence electrons. The van der Waals surface area contributed by atoms with Crippen molar-refractivity contribution in [2.75, 3.05) is 13.1 Å². The number of hydrogen-bond acceptors (Lipinski definition) is 12. The number of halogens is 2. The van der Waals surface area contributed by atoms with Crippen molar-refractivity contribution in [2.24, 2.45) is 0 Å². The van der Waals surface area contributed by atoms with Gasteiger partial charge in [-0.3, -0.25) is 28.7 Å². The van der Waals surface area contributed by atoms with Crippen molar-refractivity contribution >= 4 is 45.3 Å². The molecule has 2 aromatic carbocycles. The van der Waals surface area contributed by atoms with Gasteiger partial charge < -0.3 is 10.6 Å². The summed E-state index contributed by atoms with van der Waals surface area (Å²) in [4.78, 5) is 62.6. The highest BCUT2D eigenvalue weighted by Crippen LogP contribution is 2.33. The van der Waals surface area contributed by atoms with E-state index in [4.69, 9.17) is 23.2 Å². The van der Waals surface area contributed by atoms with Crippen molar-refractivity contribution in [3.05, 3.63) is 140 Å². The van der Waals surface area contributed by atoms with E-state index in [9.17, 15) is 9.59 Å². The van der Waals surface area contributed by atoms with E-state index in [1.54, 1.807) is 46.3 Å². The fourth-order valence-electron chi connectivity index (χ4n) is 8.86. The third kappa shape index (κ3) is 9.78. The zero-order valence-corrected chi connectivity index (χ0v) is 38.9. The van der Waals surface area contributed by atoms with Crippen LogP contribution in [0.3, 0.4) is 0 Å². The van der Waals surface area contributed by atoms with Gasteiger partial charge in [0.1, 0.15) is 22.9 Å². The molecule has 0 bridgehead atoms. The molecule has 0 saturated carbocycles. The second-order valence-electron chi connectivity index (χ2n) is 17.1. The molecule has 0 unspecified atom stereocenters. The number of aryl methyl sites for hydroxylation is 6. The Morgan fingerprint density at radius 3 is 1.38 bits per heavy atom. The number of aromatic nitrogens is 10. The molecule has 0 radical (unpaired) electrons. The topological polar surface area (TPSA) is 171 Å². The van der Waals surface area contributed by atoms with Crippen LogP contribution in [0.15, 0.2) is 95.3 Å². The summed E-state index contributed by atoms with van der Waals surface area (Å²) in [5.41, 5.74) is 8.44. The maximum Gasteiger partial charge on any atom is 0.260 e. The summed E-state index contributed by atoms with van der Waals surface area (Å²) in [7, 11) is 0. The van der Waals surface area contributed by atoms with Gasteiger partial charge in [0.05, 0.1) is 35.2 Å². The highest BCUT2D eigenvalue weighted by Gasteiger charge is 2.21. The lowest BCUT2D eigenvalue weighted by Gasteiger charge is -2.16. The first-order chi connectivity index (χ1) is 32.0. The second-order valence-corrected chi connectivity index (χ2v) is 17.9. The molecule has 2 fully saturated rings. The van der Waals surface area contributed by atoms with Crippen LogP contribution in [0.25, 0.3) is 66.8 Å². The van der Waals surface area contributed by atoms with E-state index in [1.165, 1.54) is 12.8 Å². The summed E-state index contributed by atoms with van der Waals surface area (Å²) in [5.74, 6) is 1.29.